The van der Waals surface area contributed by atoms with Crippen LogP contribution < -0.4 is 16.4 Å². The number of carbonyl (C=O) groups excluding carboxylic acids is 2. The molecule has 3 rings (SSSR count). The standard InChI is InChI=1S/C21H30F3N5O2/c1-3-15(29-11-16(21(22,23)24)27-20(29)31)14-8-9-26-17(10-14)28-19(30)18(25)13-6-4-12(2)5-7-13/h8-10,12-13,15-16,18H,3-7,11,25H2,1-2H3,(H,27,31)(H,26,28,30)/t12?,13?,15-,16+,18+/m1/s1. The van der Waals surface area contributed by atoms with Crippen LogP contribution >= 0.6 is 0 Å². The summed E-state index contributed by atoms with van der Waals surface area (Å²) < 4.78 is 39.1. The summed E-state index contributed by atoms with van der Waals surface area (Å²) in [5.41, 5.74) is 6.78. The zero-order chi connectivity index (χ0) is 22.8. The van der Waals surface area contributed by atoms with Gasteiger partial charge in [-0.1, -0.05) is 26.7 Å². The molecule has 4 N–H and O–H groups in total. The van der Waals surface area contributed by atoms with Crippen molar-refractivity contribution in [2.75, 3.05) is 11.9 Å². The van der Waals surface area contributed by atoms with Crippen LogP contribution in [0.1, 0.15) is 57.6 Å². The van der Waals surface area contributed by atoms with Gasteiger partial charge in [-0.05, 0) is 48.8 Å². The second kappa shape index (κ2) is 9.42. The summed E-state index contributed by atoms with van der Waals surface area (Å²) in [6.45, 7) is 3.52. The number of anilines is 1. The lowest BCUT2D eigenvalue weighted by molar-refractivity contribution is -0.150. The maximum absolute atomic E-state index is 13.0. The van der Waals surface area contributed by atoms with Gasteiger partial charge in [0.15, 0.2) is 0 Å². The van der Waals surface area contributed by atoms with Crippen LogP contribution in [0.3, 0.4) is 0 Å². The second-order valence-corrected chi connectivity index (χ2v) is 8.63. The average molecular weight is 441 g/mol. The Morgan fingerprint density at radius 3 is 2.61 bits per heavy atom. The number of hydrogen-bond acceptors (Lipinski definition) is 4. The normalized spacial score (nSPS) is 26.3. The number of rotatable bonds is 6. The van der Waals surface area contributed by atoms with E-state index in [4.69, 9.17) is 5.73 Å². The molecular weight excluding hydrogens is 411 g/mol. The number of halogens is 3. The van der Waals surface area contributed by atoms with Gasteiger partial charge in [0, 0.05) is 6.20 Å². The fourth-order valence-electron chi connectivity index (χ4n) is 4.44. The molecule has 2 aliphatic rings. The predicted molar refractivity (Wildman–Crippen MR) is 110 cm³/mol. The number of nitrogens with one attached hydrogen (secondary N) is 2. The van der Waals surface area contributed by atoms with Crippen LogP contribution in [0.2, 0.25) is 0 Å². The number of pyridine rings is 1. The van der Waals surface area contributed by atoms with Crippen molar-refractivity contribution in [1.29, 1.82) is 0 Å². The molecule has 1 saturated heterocycles. The van der Waals surface area contributed by atoms with E-state index in [0.717, 1.165) is 25.7 Å². The van der Waals surface area contributed by atoms with Crippen molar-refractivity contribution in [3.05, 3.63) is 23.9 Å². The molecule has 10 heteroatoms. The third-order valence-electron chi connectivity index (χ3n) is 6.39. The maximum atomic E-state index is 13.0. The fraction of sp³-hybridized carbons (Fsp3) is 0.667. The van der Waals surface area contributed by atoms with Gasteiger partial charge >= 0.3 is 12.2 Å². The second-order valence-electron chi connectivity index (χ2n) is 8.63. The van der Waals surface area contributed by atoms with Crippen LogP contribution in [-0.4, -0.2) is 46.6 Å². The first-order chi connectivity index (χ1) is 14.6. The molecule has 0 bridgehead atoms. The van der Waals surface area contributed by atoms with Gasteiger partial charge in [0.1, 0.15) is 11.9 Å². The van der Waals surface area contributed by atoms with Crippen LogP contribution in [0.5, 0.6) is 0 Å². The van der Waals surface area contributed by atoms with Crippen LogP contribution in [0.25, 0.3) is 0 Å². The number of hydrogen-bond donors (Lipinski definition) is 3. The average Bonchev–Trinajstić information content (AvgIpc) is 3.11. The summed E-state index contributed by atoms with van der Waals surface area (Å²) in [7, 11) is 0. The van der Waals surface area contributed by atoms with Gasteiger partial charge in [-0.25, -0.2) is 9.78 Å². The maximum Gasteiger partial charge on any atom is 0.410 e. The summed E-state index contributed by atoms with van der Waals surface area (Å²) >= 11 is 0. The van der Waals surface area contributed by atoms with Crippen LogP contribution in [-0.2, 0) is 4.79 Å². The molecule has 7 nitrogen and oxygen atoms in total. The number of urea groups is 1. The van der Waals surface area contributed by atoms with Gasteiger partial charge in [-0.2, -0.15) is 13.2 Å². The largest absolute Gasteiger partial charge is 0.410 e. The lowest BCUT2D eigenvalue weighted by Gasteiger charge is -2.30. The Labute approximate surface area is 179 Å². The molecular formula is C21H30F3N5O2. The molecule has 1 saturated carbocycles. The van der Waals surface area contributed by atoms with Crippen LogP contribution in [0.4, 0.5) is 23.8 Å². The van der Waals surface area contributed by atoms with E-state index < -0.39 is 36.9 Å². The highest BCUT2D eigenvalue weighted by Gasteiger charge is 2.48. The number of aromatic nitrogens is 1. The van der Waals surface area contributed by atoms with Crippen molar-refractivity contribution < 1.29 is 22.8 Å². The summed E-state index contributed by atoms with van der Waals surface area (Å²) in [5, 5.41) is 4.72. The Balaban J connectivity index is 1.68. The van der Waals surface area contributed by atoms with Crippen molar-refractivity contribution in [2.24, 2.45) is 17.6 Å². The van der Waals surface area contributed by atoms with Crippen molar-refractivity contribution in [2.45, 2.75) is 70.3 Å². The van der Waals surface area contributed by atoms with Gasteiger partial charge in [0.05, 0.1) is 18.6 Å². The first kappa shape index (κ1) is 23.3. The van der Waals surface area contributed by atoms with E-state index >= 15 is 0 Å². The first-order valence-electron chi connectivity index (χ1n) is 10.8. The third-order valence-corrected chi connectivity index (χ3v) is 6.39. The van der Waals surface area contributed by atoms with Crippen LogP contribution in [0, 0.1) is 11.8 Å². The molecule has 0 spiro atoms. The molecule has 1 aromatic rings. The van der Waals surface area contributed by atoms with E-state index in [9.17, 15) is 22.8 Å². The molecule has 1 aliphatic heterocycles. The number of nitrogens with zero attached hydrogens (tertiary/aromatic N) is 2. The van der Waals surface area contributed by atoms with E-state index in [1.807, 2.05) is 5.32 Å². The molecule has 3 atom stereocenters. The van der Waals surface area contributed by atoms with E-state index in [1.165, 1.54) is 11.1 Å². The van der Waals surface area contributed by atoms with Gasteiger partial charge in [-0.15, -0.1) is 0 Å². The smallest absolute Gasteiger partial charge is 0.324 e. The Kier molecular flexibility index (Phi) is 7.08. The molecule has 3 amide bonds. The Bertz CT molecular complexity index is 795. The topological polar surface area (TPSA) is 100 Å². The molecule has 1 aliphatic carbocycles. The van der Waals surface area contributed by atoms with Crippen molar-refractivity contribution in [3.63, 3.8) is 0 Å². The number of alkyl halides is 3. The van der Waals surface area contributed by atoms with E-state index in [-0.39, 0.29) is 17.6 Å². The summed E-state index contributed by atoms with van der Waals surface area (Å²) in [5.74, 6) is 0.715. The van der Waals surface area contributed by atoms with Crippen molar-refractivity contribution >= 4 is 17.8 Å². The highest BCUT2D eigenvalue weighted by atomic mass is 19.4. The van der Waals surface area contributed by atoms with Gasteiger partial charge in [0.25, 0.3) is 0 Å². The zero-order valence-electron chi connectivity index (χ0n) is 17.8. The molecule has 172 valence electrons. The first-order valence-corrected chi connectivity index (χ1v) is 10.8. The van der Waals surface area contributed by atoms with Gasteiger partial charge in [-0.3, -0.25) is 4.79 Å². The number of carbonyl (C=O) groups is 2. The summed E-state index contributed by atoms with van der Waals surface area (Å²) in [6, 6.07) is -0.635. The Morgan fingerprint density at radius 2 is 2.03 bits per heavy atom. The van der Waals surface area contributed by atoms with E-state index in [1.54, 1.807) is 19.1 Å². The van der Waals surface area contributed by atoms with E-state index in [2.05, 4.69) is 17.2 Å². The Hall–Kier alpha value is -2.36. The Morgan fingerprint density at radius 1 is 1.35 bits per heavy atom. The van der Waals surface area contributed by atoms with E-state index in [0.29, 0.717) is 17.9 Å². The lowest BCUT2D eigenvalue weighted by atomic mass is 9.79. The predicted octanol–water partition coefficient (Wildman–Crippen LogP) is 3.58. The highest BCUT2D eigenvalue weighted by Crippen LogP contribution is 2.33. The molecule has 2 heterocycles. The monoisotopic (exact) mass is 441 g/mol. The third kappa shape index (κ3) is 5.47. The number of amides is 3. The molecule has 0 unspecified atom stereocenters. The quantitative estimate of drug-likeness (QED) is 0.628. The molecule has 1 aromatic heterocycles. The fourth-order valence-corrected chi connectivity index (χ4v) is 4.44. The van der Waals surface area contributed by atoms with Gasteiger partial charge in [0.2, 0.25) is 5.91 Å². The van der Waals surface area contributed by atoms with Crippen molar-refractivity contribution in [1.82, 2.24) is 15.2 Å². The minimum Gasteiger partial charge on any atom is -0.324 e. The number of nitrogens with two attached hydrogens (primary N) is 1. The van der Waals surface area contributed by atoms with Crippen LogP contribution in [0.15, 0.2) is 18.3 Å². The minimum atomic E-state index is -4.51. The zero-order valence-corrected chi connectivity index (χ0v) is 17.8. The van der Waals surface area contributed by atoms with Gasteiger partial charge < -0.3 is 21.3 Å². The lowest BCUT2D eigenvalue weighted by Crippen LogP contribution is -2.43. The summed E-state index contributed by atoms with van der Waals surface area (Å²) in [4.78, 5) is 30.1. The SMILES string of the molecule is CC[C@H](c1ccnc(NC(=O)[C@@H](N)C2CCC(C)CC2)c1)N1C[C@@H](C(F)(F)F)NC1=O. The molecule has 0 radical (unpaired) electrons. The molecule has 2 fully saturated rings. The minimum absolute atomic E-state index is 0.121. The summed E-state index contributed by atoms with van der Waals surface area (Å²) in [6.07, 6.45) is 1.29. The molecule has 0 aromatic carbocycles. The highest BCUT2D eigenvalue weighted by molar-refractivity contribution is 5.94. The molecule has 31 heavy (non-hydrogen) atoms. The van der Waals surface area contributed by atoms with Crippen molar-refractivity contribution in [3.8, 4) is 0 Å².